The number of alkyl carbamates (subject to hydrolysis) is 1. The van der Waals surface area contributed by atoms with Crippen molar-refractivity contribution in [3.8, 4) is 0 Å². The van der Waals surface area contributed by atoms with Gasteiger partial charge in [-0.25, -0.2) is 9.59 Å². The van der Waals surface area contributed by atoms with Crippen molar-refractivity contribution >= 4 is 29.9 Å². The largest absolute Gasteiger partial charge is 1.00 e. The number of nitrogens with one attached hydrogen (secondary N) is 1. The predicted octanol–water partition coefficient (Wildman–Crippen LogP) is 6.95. The number of benzene rings is 4. The Bertz CT molecular complexity index is 2780. The molecule has 0 aromatic heterocycles. The number of piperidine rings is 4. The SMILES string of the molecule is CC(C)(C)OC(=O)N1CCC(CN)(CCc2ccccc2)CC1.CC(C)(C)OC(=O)NCC(=O)N1CCC(CN)(CCc2ccccc2)CC1.CN(C)CC(=O)N1CCC(CN)(CCc2ccccc2)CC1.C[N+](C)(C)CC(=O)N1CCC(CN)(CCc2ccccc2)CC1.[Cl-]. The molecule has 8 rings (SSSR count). The highest BCUT2D eigenvalue weighted by Crippen LogP contribution is 2.39. The molecule has 18 nitrogen and oxygen atoms in total. The Morgan fingerprint density at radius 1 is 0.438 bits per heavy atom. The van der Waals surface area contributed by atoms with E-state index >= 15 is 0 Å². The number of carbonyl (C=O) groups excluding carboxylic acids is 5. The number of carbonyl (C=O) groups is 5. The molecule has 0 saturated carbocycles. The van der Waals surface area contributed by atoms with E-state index in [4.69, 9.17) is 32.4 Å². The number of nitrogens with two attached hydrogens (primary N) is 4. The third kappa shape index (κ3) is 29.5. The molecule has 4 aromatic carbocycles. The first-order valence-electron chi connectivity index (χ1n) is 35.1. The van der Waals surface area contributed by atoms with Gasteiger partial charge in [0.05, 0.1) is 27.7 Å². The minimum atomic E-state index is -0.572. The Labute approximate surface area is 584 Å². The molecule has 4 aliphatic heterocycles. The number of hydrogen-bond acceptors (Lipinski definition) is 12. The topological polar surface area (TPSA) is 236 Å². The lowest BCUT2D eigenvalue weighted by Crippen LogP contribution is -3.00. The van der Waals surface area contributed by atoms with Crippen LogP contribution in [0.4, 0.5) is 9.59 Å². The maximum Gasteiger partial charge on any atom is 0.410 e. The van der Waals surface area contributed by atoms with Crippen molar-refractivity contribution in [1.29, 1.82) is 0 Å². The van der Waals surface area contributed by atoms with Crippen LogP contribution < -0.4 is 40.7 Å². The van der Waals surface area contributed by atoms with Gasteiger partial charge >= 0.3 is 12.2 Å². The molecule has 96 heavy (non-hydrogen) atoms. The molecule has 0 unspecified atom stereocenters. The first-order valence-corrected chi connectivity index (χ1v) is 35.1. The number of rotatable bonds is 22. The van der Waals surface area contributed by atoms with Gasteiger partial charge in [-0.2, -0.15) is 0 Å². The molecule has 5 amide bonds. The predicted molar refractivity (Wildman–Crippen MR) is 385 cm³/mol. The van der Waals surface area contributed by atoms with E-state index in [9.17, 15) is 24.0 Å². The van der Waals surface area contributed by atoms with Crippen LogP contribution in [-0.2, 0) is 49.5 Å². The number of aryl methyl sites for hydroxylation is 4. The molecule has 0 bridgehead atoms. The monoisotopic (exact) mass is 1350 g/mol. The molecule has 0 radical (unpaired) electrons. The van der Waals surface area contributed by atoms with Gasteiger partial charge in [0.15, 0.2) is 6.54 Å². The fraction of sp³-hybridized carbons (Fsp3) is 0.623. The first-order chi connectivity index (χ1) is 44.9. The average molecular weight is 1350 g/mol. The summed E-state index contributed by atoms with van der Waals surface area (Å²) in [4.78, 5) is 70.3. The second-order valence-electron chi connectivity index (χ2n) is 30.9. The number of likely N-dealkylation sites (tertiary alicyclic amines) is 4. The summed E-state index contributed by atoms with van der Waals surface area (Å²) in [5.41, 5.74) is 29.5. The van der Waals surface area contributed by atoms with Gasteiger partial charge in [0, 0.05) is 52.4 Å². The Hall–Kier alpha value is -6.12. The Balaban J connectivity index is 0.000000272. The van der Waals surface area contributed by atoms with Crippen LogP contribution in [0.2, 0.25) is 0 Å². The van der Waals surface area contributed by atoms with Crippen molar-refractivity contribution in [2.75, 3.05) is 133 Å². The van der Waals surface area contributed by atoms with Crippen molar-refractivity contribution in [2.24, 2.45) is 44.6 Å². The summed E-state index contributed by atoms with van der Waals surface area (Å²) in [6.45, 7) is 21.1. The van der Waals surface area contributed by atoms with E-state index in [0.29, 0.717) is 43.8 Å². The molecule has 4 saturated heterocycles. The average Bonchev–Trinajstić information content (AvgIpc) is 0.889. The second-order valence-corrected chi connectivity index (χ2v) is 30.9. The van der Waals surface area contributed by atoms with Crippen LogP contribution in [0.3, 0.4) is 0 Å². The highest BCUT2D eigenvalue weighted by atomic mass is 35.5. The summed E-state index contributed by atoms with van der Waals surface area (Å²) in [7, 11) is 10.1. The third-order valence-corrected chi connectivity index (χ3v) is 19.7. The zero-order chi connectivity index (χ0) is 69.8. The van der Waals surface area contributed by atoms with Crippen molar-refractivity contribution < 1.29 is 50.3 Å². The van der Waals surface area contributed by atoms with Crippen molar-refractivity contribution in [3.05, 3.63) is 144 Å². The van der Waals surface area contributed by atoms with Crippen molar-refractivity contribution in [2.45, 2.75) is 155 Å². The molecule has 19 heteroatoms. The Kier molecular flexibility index (Phi) is 33.8. The van der Waals surface area contributed by atoms with Gasteiger partial charge < -0.3 is 79.1 Å². The minimum Gasteiger partial charge on any atom is -1.00 e. The van der Waals surface area contributed by atoms with Crippen LogP contribution >= 0.6 is 0 Å². The second kappa shape index (κ2) is 39.5. The lowest BCUT2D eigenvalue weighted by atomic mass is 9.74. The molecule has 4 aliphatic rings. The number of hydrogen-bond donors (Lipinski definition) is 5. The van der Waals surface area contributed by atoms with Gasteiger partial charge in [-0.15, -0.1) is 0 Å². The highest BCUT2D eigenvalue weighted by Gasteiger charge is 2.39. The van der Waals surface area contributed by atoms with E-state index in [1.54, 1.807) is 20.8 Å². The van der Waals surface area contributed by atoms with Crippen molar-refractivity contribution in [3.63, 3.8) is 0 Å². The first kappa shape index (κ1) is 82.3. The van der Waals surface area contributed by atoms with Crippen LogP contribution in [0.5, 0.6) is 0 Å². The molecule has 0 spiro atoms. The van der Waals surface area contributed by atoms with Gasteiger partial charge in [0.2, 0.25) is 11.8 Å². The zero-order valence-electron chi connectivity index (χ0n) is 60.7. The quantitative estimate of drug-likeness (QED) is 0.0503. The summed E-state index contributed by atoms with van der Waals surface area (Å²) in [5, 5.41) is 2.54. The van der Waals surface area contributed by atoms with E-state index in [2.05, 4.69) is 136 Å². The minimum absolute atomic E-state index is 0. The van der Waals surface area contributed by atoms with Gasteiger partial charge in [-0.05, 0) is 228 Å². The lowest BCUT2D eigenvalue weighted by Gasteiger charge is -2.42. The molecular weight excluding hydrogens is 1230 g/mol. The van der Waals surface area contributed by atoms with Crippen LogP contribution in [-0.4, -0.2) is 204 Å². The molecule has 4 fully saturated rings. The summed E-state index contributed by atoms with van der Waals surface area (Å²) < 4.78 is 11.3. The van der Waals surface area contributed by atoms with Crippen LogP contribution in [0.1, 0.15) is 141 Å². The molecule has 4 heterocycles. The van der Waals surface area contributed by atoms with E-state index in [1.807, 2.05) is 71.5 Å². The Morgan fingerprint density at radius 3 is 0.969 bits per heavy atom. The summed E-state index contributed by atoms with van der Waals surface area (Å²) in [5.74, 6) is 0.430. The number of nitrogens with zero attached hydrogens (tertiary/aromatic N) is 6. The van der Waals surface area contributed by atoms with Crippen LogP contribution in [0.25, 0.3) is 0 Å². The fourth-order valence-corrected chi connectivity index (χ4v) is 13.1. The number of likely N-dealkylation sites (N-methyl/N-ethyl adjacent to an activating group) is 2. The van der Waals surface area contributed by atoms with Gasteiger partial charge in [0.25, 0.3) is 5.91 Å². The third-order valence-electron chi connectivity index (χ3n) is 19.7. The zero-order valence-corrected chi connectivity index (χ0v) is 61.5. The number of ether oxygens (including phenoxy) is 2. The van der Waals surface area contributed by atoms with E-state index < -0.39 is 17.3 Å². The standard InChI is InChI=1S/C21H33N3O3.C19H32N3O.C19H30N2O2.C18H29N3O.ClH/c1-20(2,3)27-19(26)23-15-18(25)24-13-11-21(16-22,12-14-24)10-9-17-7-5-4-6-8-17;1-22(2,3)15-18(23)21-13-11-19(16-20,12-14-21)10-9-17-7-5-4-6-8-17;1-18(2,3)23-17(22)21-13-11-19(15-20,12-14-21)10-9-16-7-5-4-6-8-16;1-20(2)14-17(22)21-12-10-18(15-19,11-13-21)9-8-16-6-4-3-5-7-16;/h4-8H,9-16,22H2,1-3H3,(H,23,26);4-8H,9-16,20H2,1-3H3;4-8H,9-15,20H2,1-3H3;3-7H,8-15,19H2,1-2H3;1H/q;+1;;;/p-1. The van der Waals surface area contributed by atoms with Gasteiger partial charge in [-0.1, -0.05) is 121 Å². The van der Waals surface area contributed by atoms with Gasteiger partial charge in [-0.3, -0.25) is 14.4 Å². The number of quaternary nitrogens is 1. The number of amides is 5. The normalized spacial score (nSPS) is 17.3. The van der Waals surface area contributed by atoms with Crippen LogP contribution in [0, 0.1) is 21.7 Å². The maximum absolute atomic E-state index is 12.4. The van der Waals surface area contributed by atoms with E-state index in [-0.39, 0.29) is 64.4 Å². The molecular formula is C77H124ClN11O7. The van der Waals surface area contributed by atoms with Crippen LogP contribution in [0.15, 0.2) is 121 Å². The smallest absolute Gasteiger partial charge is 0.410 e. The number of halogens is 1. The Morgan fingerprint density at radius 2 is 0.708 bits per heavy atom. The van der Waals surface area contributed by atoms with E-state index in [1.165, 1.54) is 22.3 Å². The maximum atomic E-state index is 12.4. The summed E-state index contributed by atoms with van der Waals surface area (Å²) in [6.07, 6.45) is 15.6. The molecule has 536 valence electrons. The highest BCUT2D eigenvalue weighted by molar-refractivity contribution is 5.82. The van der Waals surface area contributed by atoms with E-state index in [0.717, 1.165) is 155 Å². The summed E-state index contributed by atoms with van der Waals surface area (Å²) in [6, 6.07) is 42.2. The lowest BCUT2D eigenvalue weighted by molar-refractivity contribution is -0.862. The molecule has 4 aromatic rings. The van der Waals surface area contributed by atoms with Crippen molar-refractivity contribution in [1.82, 2.24) is 29.8 Å². The molecule has 0 atom stereocenters. The summed E-state index contributed by atoms with van der Waals surface area (Å²) >= 11 is 0. The molecule has 0 aliphatic carbocycles. The van der Waals surface area contributed by atoms with Gasteiger partial charge in [0.1, 0.15) is 17.7 Å². The fourth-order valence-electron chi connectivity index (χ4n) is 13.1. The molecule has 9 N–H and O–H groups in total.